The molecule has 1 N–H and O–H groups in total. The Balaban J connectivity index is 2.00. The van der Waals surface area contributed by atoms with Crippen LogP contribution in [0.1, 0.15) is 40.7 Å². The molecule has 0 bridgehead atoms. The molecule has 23 heavy (non-hydrogen) atoms. The molecule has 5 heteroatoms. The van der Waals surface area contributed by atoms with Crippen LogP contribution in [0.5, 0.6) is 0 Å². The van der Waals surface area contributed by atoms with Gasteiger partial charge in [0.1, 0.15) is 6.04 Å². The number of carbonyl (C=O) groups is 2. The van der Waals surface area contributed by atoms with Crippen molar-refractivity contribution >= 4 is 23.2 Å². The number of nitrogens with one attached hydrogen (secondary N) is 1. The van der Waals surface area contributed by atoms with Crippen LogP contribution in [0.15, 0.2) is 41.8 Å². The Hall–Kier alpha value is -2.14. The number of carbonyl (C=O) groups excluding carboxylic acids is 2. The summed E-state index contributed by atoms with van der Waals surface area (Å²) in [5.74, 6) is -0.319. The Morgan fingerprint density at radius 2 is 1.78 bits per heavy atom. The number of hydrogen-bond acceptors (Lipinski definition) is 3. The van der Waals surface area contributed by atoms with Crippen LogP contribution in [0, 0.1) is 6.92 Å². The SMILES string of the molecule is Cc1ccc(C(C)N(C)C(=O)C(C)NC(=O)c2cccs2)cc1. The number of nitrogens with zero attached hydrogens (tertiary/aromatic N) is 1. The van der Waals surface area contributed by atoms with Gasteiger partial charge in [-0.15, -0.1) is 11.3 Å². The van der Waals surface area contributed by atoms with E-state index in [4.69, 9.17) is 0 Å². The van der Waals surface area contributed by atoms with Gasteiger partial charge in [0.25, 0.3) is 5.91 Å². The second-order valence-corrected chi connectivity index (χ2v) is 6.66. The van der Waals surface area contributed by atoms with Crippen LogP contribution >= 0.6 is 11.3 Å². The molecule has 0 fully saturated rings. The number of benzene rings is 1. The highest BCUT2D eigenvalue weighted by Crippen LogP contribution is 2.20. The fourth-order valence-corrected chi connectivity index (χ4v) is 2.93. The molecule has 0 aliphatic heterocycles. The van der Waals surface area contributed by atoms with E-state index in [1.165, 1.54) is 16.9 Å². The van der Waals surface area contributed by atoms with Gasteiger partial charge in [0, 0.05) is 7.05 Å². The first kappa shape index (κ1) is 17.2. The van der Waals surface area contributed by atoms with Gasteiger partial charge in [0.15, 0.2) is 0 Å². The number of thiophene rings is 1. The average Bonchev–Trinajstić information content (AvgIpc) is 3.08. The van der Waals surface area contributed by atoms with E-state index in [-0.39, 0.29) is 17.9 Å². The summed E-state index contributed by atoms with van der Waals surface area (Å²) in [6, 6.07) is 11.1. The fraction of sp³-hybridized carbons (Fsp3) is 0.333. The molecule has 0 aliphatic carbocycles. The van der Waals surface area contributed by atoms with Gasteiger partial charge in [-0.3, -0.25) is 9.59 Å². The maximum Gasteiger partial charge on any atom is 0.261 e. The molecule has 0 saturated carbocycles. The van der Waals surface area contributed by atoms with Gasteiger partial charge in [-0.2, -0.15) is 0 Å². The zero-order chi connectivity index (χ0) is 17.0. The summed E-state index contributed by atoms with van der Waals surface area (Å²) in [7, 11) is 1.76. The molecule has 1 heterocycles. The van der Waals surface area contributed by atoms with Crippen LogP contribution in [0.3, 0.4) is 0 Å². The van der Waals surface area contributed by atoms with Gasteiger partial charge < -0.3 is 10.2 Å². The first-order valence-electron chi connectivity index (χ1n) is 7.57. The van der Waals surface area contributed by atoms with E-state index >= 15 is 0 Å². The smallest absolute Gasteiger partial charge is 0.261 e. The van der Waals surface area contributed by atoms with Crippen molar-refractivity contribution in [3.05, 3.63) is 57.8 Å². The van der Waals surface area contributed by atoms with Gasteiger partial charge >= 0.3 is 0 Å². The van der Waals surface area contributed by atoms with Gasteiger partial charge in [0.2, 0.25) is 5.91 Å². The maximum absolute atomic E-state index is 12.5. The summed E-state index contributed by atoms with van der Waals surface area (Å²) < 4.78 is 0. The summed E-state index contributed by atoms with van der Waals surface area (Å²) >= 11 is 1.36. The number of rotatable bonds is 5. The molecule has 2 aromatic rings. The highest BCUT2D eigenvalue weighted by molar-refractivity contribution is 7.12. The van der Waals surface area contributed by atoms with Gasteiger partial charge in [-0.1, -0.05) is 35.9 Å². The first-order chi connectivity index (χ1) is 10.9. The lowest BCUT2D eigenvalue weighted by molar-refractivity contribution is -0.133. The van der Waals surface area contributed by atoms with Crippen LogP contribution in [-0.4, -0.2) is 29.8 Å². The minimum absolute atomic E-state index is 0.0517. The van der Waals surface area contributed by atoms with E-state index in [1.807, 2.05) is 49.6 Å². The normalized spacial score (nSPS) is 13.2. The van der Waals surface area contributed by atoms with Crippen LogP contribution < -0.4 is 5.32 Å². The third-order valence-corrected chi connectivity index (χ3v) is 4.82. The molecule has 4 nitrogen and oxygen atoms in total. The van der Waals surface area contributed by atoms with Crippen LogP contribution in [-0.2, 0) is 4.79 Å². The Morgan fingerprint density at radius 1 is 1.13 bits per heavy atom. The van der Waals surface area contributed by atoms with Crippen molar-refractivity contribution < 1.29 is 9.59 Å². The lowest BCUT2D eigenvalue weighted by atomic mass is 10.0. The molecule has 2 atom stereocenters. The largest absolute Gasteiger partial charge is 0.340 e. The van der Waals surface area contributed by atoms with Gasteiger partial charge in [-0.05, 0) is 37.8 Å². The highest BCUT2D eigenvalue weighted by atomic mass is 32.1. The molecule has 0 saturated heterocycles. The number of hydrogen-bond donors (Lipinski definition) is 1. The molecular formula is C18H22N2O2S. The predicted molar refractivity (Wildman–Crippen MR) is 93.6 cm³/mol. The zero-order valence-corrected chi connectivity index (χ0v) is 14.7. The third-order valence-electron chi connectivity index (χ3n) is 3.95. The number of likely N-dealkylation sites (N-methyl/N-ethyl adjacent to an activating group) is 1. The summed E-state index contributed by atoms with van der Waals surface area (Å²) in [5, 5.41) is 4.60. The quantitative estimate of drug-likeness (QED) is 0.913. The molecule has 122 valence electrons. The number of aryl methyl sites for hydroxylation is 1. The molecule has 2 amide bonds. The van der Waals surface area contributed by atoms with E-state index < -0.39 is 6.04 Å². The van der Waals surface area contributed by atoms with E-state index in [1.54, 1.807) is 24.9 Å². The second-order valence-electron chi connectivity index (χ2n) is 5.71. The summed E-state index contributed by atoms with van der Waals surface area (Å²) in [4.78, 5) is 26.9. The van der Waals surface area contributed by atoms with Crippen molar-refractivity contribution in [2.45, 2.75) is 32.9 Å². The molecule has 0 radical (unpaired) electrons. The first-order valence-corrected chi connectivity index (χ1v) is 8.45. The average molecular weight is 330 g/mol. The summed E-state index contributed by atoms with van der Waals surface area (Å²) in [5.41, 5.74) is 2.26. The van der Waals surface area contributed by atoms with Crippen LogP contribution in [0.25, 0.3) is 0 Å². The topological polar surface area (TPSA) is 49.4 Å². The van der Waals surface area contributed by atoms with E-state index in [0.717, 1.165) is 5.56 Å². The Kier molecular flexibility index (Phi) is 5.55. The third kappa shape index (κ3) is 4.20. The standard InChI is InChI=1S/C18H22N2O2S/c1-12-7-9-15(10-8-12)14(3)20(4)18(22)13(2)19-17(21)16-6-5-11-23-16/h5-11,13-14H,1-4H3,(H,19,21). The molecule has 0 aliphatic rings. The molecule has 0 spiro atoms. The van der Waals surface area contributed by atoms with Crippen molar-refractivity contribution in [2.75, 3.05) is 7.05 Å². The second kappa shape index (κ2) is 7.42. The van der Waals surface area contributed by atoms with Crippen molar-refractivity contribution in [3.63, 3.8) is 0 Å². The Labute approximate surface area is 141 Å². The molecule has 2 rings (SSSR count). The lowest BCUT2D eigenvalue weighted by Crippen LogP contribution is -2.46. The minimum atomic E-state index is -0.567. The van der Waals surface area contributed by atoms with E-state index in [0.29, 0.717) is 4.88 Å². The molecule has 2 unspecified atom stereocenters. The van der Waals surface area contributed by atoms with Crippen molar-refractivity contribution in [3.8, 4) is 0 Å². The molecular weight excluding hydrogens is 308 g/mol. The highest BCUT2D eigenvalue weighted by Gasteiger charge is 2.24. The summed E-state index contributed by atoms with van der Waals surface area (Å²) in [6.07, 6.45) is 0. The fourth-order valence-electron chi connectivity index (χ4n) is 2.30. The van der Waals surface area contributed by atoms with Crippen molar-refractivity contribution in [1.29, 1.82) is 0 Å². The maximum atomic E-state index is 12.5. The van der Waals surface area contributed by atoms with Gasteiger partial charge in [-0.25, -0.2) is 0 Å². The molecule has 1 aromatic heterocycles. The minimum Gasteiger partial charge on any atom is -0.340 e. The predicted octanol–water partition coefficient (Wildman–Crippen LogP) is 3.39. The summed E-state index contributed by atoms with van der Waals surface area (Å²) in [6.45, 7) is 5.73. The lowest BCUT2D eigenvalue weighted by Gasteiger charge is -2.28. The van der Waals surface area contributed by atoms with E-state index in [2.05, 4.69) is 5.32 Å². The Bertz CT molecular complexity index is 665. The van der Waals surface area contributed by atoms with Crippen molar-refractivity contribution in [1.82, 2.24) is 10.2 Å². The van der Waals surface area contributed by atoms with Crippen molar-refractivity contribution in [2.24, 2.45) is 0 Å². The Morgan fingerprint density at radius 3 is 2.35 bits per heavy atom. The van der Waals surface area contributed by atoms with Gasteiger partial charge in [0.05, 0.1) is 10.9 Å². The zero-order valence-electron chi connectivity index (χ0n) is 13.9. The monoisotopic (exact) mass is 330 g/mol. The van der Waals surface area contributed by atoms with Crippen LogP contribution in [0.2, 0.25) is 0 Å². The van der Waals surface area contributed by atoms with E-state index in [9.17, 15) is 9.59 Å². The van der Waals surface area contributed by atoms with Crippen LogP contribution in [0.4, 0.5) is 0 Å². The number of amides is 2. The molecule has 1 aromatic carbocycles.